The molecule has 3 nitrogen and oxygen atoms in total. The number of benzene rings is 1. The Kier molecular flexibility index (Phi) is 8.90. The summed E-state index contributed by atoms with van der Waals surface area (Å²) < 4.78 is 4.76. The van der Waals surface area contributed by atoms with Crippen molar-refractivity contribution >= 4 is 35.5 Å². The number of fused-ring (bicyclic) bond motifs is 1. The lowest BCUT2D eigenvalue weighted by Crippen LogP contribution is -1.96. The molecule has 1 aromatic rings. The number of carbonyl (C=O) groups is 2. The van der Waals surface area contributed by atoms with Gasteiger partial charge in [-0.05, 0) is 36.5 Å². The maximum Gasteiger partial charge on any atom is 0.346 e. The maximum absolute atomic E-state index is 11.8. The minimum atomic E-state index is -0.507. The van der Waals surface area contributed by atoms with Crippen LogP contribution >= 0.6 is 23.5 Å². The number of carbonyl (C=O) groups excluding carboxylic acids is 2. The first-order chi connectivity index (χ1) is 12.2. The second kappa shape index (κ2) is 10.9. The Morgan fingerprint density at radius 3 is 1.56 bits per heavy atom. The highest BCUT2D eigenvalue weighted by molar-refractivity contribution is 8.02. The topological polar surface area (TPSA) is 43.4 Å². The summed E-state index contributed by atoms with van der Waals surface area (Å²) in [5.74, 6) is 1.08. The molecule has 0 aromatic heterocycles. The molecule has 0 amide bonds. The number of hydrogen-bond acceptors (Lipinski definition) is 5. The van der Waals surface area contributed by atoms with Gasteiger partial charge in [-0.1, -0.05) is 52.4 Å². The highest BCUT2D eigenvalue weighted by atomic mass is 32.2. The number of thioether (sulfide) groups is 2. The van der Waals surface area contributed by atoms with Gasteiger partial charge in [0.05, 0.1) is 11.1 Å². The van der Waals surface area contributed by atoms with E-state index in [1.54, 1.807) is 23.5 Å². The van der Waals surface area contributed by atoms with Crippen LogP contribution in [0.25, 0.3) is 0 Å². The van der Waals surface area contributed by atoms with Crippen LogP contribution in [0.15, 0.2) is 21.9 Å². The molecular weight excluding hydrogens is 352 g/mol. The molecule has 0 unspecified atom stereocenters. The lowest BCUT2D eigenvalue weighted by atomic mass is 10.1. The van der Waals surface area contributed by atoms with Crippen molar-refractivity contribution in [2.75, 3.05) is 11.5 Å². The molecule has 0 N–H and O–H groups in total. The number of rotatable bonds is 12. The molecule has 1 aliphatic rings. The summed E-state index contributed by atoms with van der Waals surface area (Å²) in [6, 6.07) is 3.73. The third-order valence-electron chi connectivity index (χ3n) is 4.22. The Hall–Kier alpha value is -0.940. The van der Waals surface area contributed by atoms with Gasteiger partial charge in [0.15, 0.2) is 0 Å². The van der Waals surface area contributed by atoms with Crippen molar-refractivity contribution in [2.45, 2.75) is 75.0 Å². The number of unbranched alkanes of at least 4 members (excludes halogenated alkanes) is 6. The quantitative estimate of drug-likeness (QED) is 0.183. The van der Waals surface area contributed by atoms with Crippen LogP contribution in [-0.4, -0.2) is 23.4 Å². The molecule has 0 spiro atoms. The summed E-state index contributed by atoms with van der Waals surface area (Å²) in [7, 11) is 0. The van der Waals surface area contributed by atoms with Crippen LogP contribution in [0.3, 0.4) is 0 Å². The van der Waals surface area contributed by atoms with Gasteiger partial charge in [-0.3, -0.25) is 0 Å². The van der Waals surface area contributed by atoms with Crippen molar-refractivity contribution in [1.29, 1.82) is 0 Å². The number of esters is 2. The van der Waals surface area contributed by atoms with E-state index in [-0.39, 0.29) is 0 Å². The zero-order valence-electron chi connectivity index (χ0n) is 15.3. The third kappa shape index (κ3) is 6.07. The van der Waals surface area contributed by atoms with E-state index in [0.717, 1.165) is 21.3 Å². The molecule has 0 saturated carbocycles. The van der Waals surface area contributed by atoms with Gasteiger partial charge < -0.3 is 4.74 Å². The van der Waals surface area contributed by atoms with E-state index in [9.17, 15) is 9.59 Å². The SMILES string of the molecule is CCCCCCSc1cc2c(cc1SCCCCCC)C(=O)OC2=O. The monoisotopic (exact) mass is 380 g/mol. The van der Waals surface area contributed by atoms with E-state index in [1.165, 1.54) is 51.4 Å². The number of ether oxygens (including phenoxy) is 1. The van der Waals surface area contributed by atoms with Gasteiger partial charge in [-0.2, -0.15) is 0 Å². The van der Waals surface area contributed by atoms with E-state index >= 15 is 0 Å². The molecule has 138 valence electrons. The van der Waals surface area contributed by atoms with Crippen LogP contribution in [0.2, 0.25) is 0 Å². The van der Waals surface area contributed by atoms with Crippen LogP contribution in [0.4, 0.5) is 0 Å². The second-order valence-corrected chi connectivity index (χ2v) is 8.61. The molecule has 0 bridgehead atoms. The lowest BCUT2D eigenvalue weighted by molar-refractivity contribution is 0.0443. The van der Waals surface area contributed by atoms with E-state index in [2.05, 4.69) is 13.8 Å². The fourth-order valence-electron chi connectivity index (χ4n) is 2.74. The predicted molar refractivity (Wildman–Crippen MR) is 106 cm³/mol. The van der Waals surface area contributed by atoms with Gasteiger partial charge in [0.2, 0.25) is 0 Å². The number of hydrogen-bond donors (Lipinski definition) is 0. The minimum absolute atomic E-state index is 0.427. The van der Waals surface area contributed by atoms with Crippen LogP contribution in [-0.2, 0) is 4.74 Å². The lowest BCUT2D eigenvalue weighted by Gasteiger charge is -2.10. The van der Waals surface area contributed by atoms with Crippen LogP contribution in [0.5, 0.6) is 0 Å². The number of cyclic esters (lactones) is 2. The Labute approximate surface area is 159 Å². The largest absolute Gasteiger partial charge is 0.386 e. The van der Waals surface area contributed by atoms with Crippen molar-refractivity contribution < 1.29 is 14.3 Å². The standard InChI is InChI=1S/C20H28O3S2/c1-3-5-7-9-11-24-17-13-15-16(20(22)23-19(15)21)14-18(17)25-12-10-8-6-4-2/h13-14H,3-12H2,1-2H3. The van der Waals surface area contributed by atoms with Gasteiger partial charge in [-0.15, -0.1) is 23.5 Å². The minimum Gasteiger partial charge on any atom is -0.386 e. The predicted octanol–water partition coefficient (Wildman–Crippen LogP) is 6.34. The summed E-state index contributed by atoms with van der Waals surface area (Å²) in [6.45, 7) is 4.42. The van der Waals surface area contributed by atoms with E-state index in [1.807, 2.05) is 12.1 Å². The normalized spacial score (nSPS) is 13.2. The highest BCUT2D eigenvalue weighted by Gasteiger charge is 2.31. The molecule has 1 heterocycles. The molecule has 0 atom stereocenters. The molecule has 5 heteroatoms. The summed E-state index contributed by atoms with van der Waals surface area (Å²) in [6.07, 6.45) is 9.85. The zero-order valence-corrected chi connectivity index (χ0v) is 16.9. The molecule has 0 saturated heterocycles. The highest BCUT2D eigenvalue weighted by Crippen LogP contribution is 2.37. The van der Waals surface area contributed by atoms with Gasteiger partial charge >= 0.3 is 11.9 Å². The van der Waals surface area contributed by atoms with Gasteiger partial charge in [0.1, 0.15) is 0 Å². The summed E-state index contributed by atoms with van der Waals surface area (Å²) in [4.78, 5) is 25.9. The molecule has 25 heavy (non-hydrogen) atoms. The van der Waals surface area contributed by atoms with Crippen LogP contribution in [0, 0.1) is 0 Å². The van der Waals surface area contributed by atoms with E-state index in [0.29, 0.717) is 11.1 Å². The first kappa shape index (κ1) is 20.4. The average Bonchev–Trinajstić information content (AvgIpc) is 2.88. The Bertz CT molecular complexity index is 548. The molecular formula is C20H28O3S2. The average molecular weight is 381 g/mol. The van der Waals surface area contributed by atoms with Gasteiger partial charge in [-0.25, -0.2) is 9.59 Å². The molecule has 0 aliphatic carbocycles. The van der Waals surface area contributed by atoms with Crippen LogP contribution < -0.4 is 0 Å². The smallest absolute Gasteiger partial charge is 0.346 e. The van der Waals surface area contributed by atoms with Gasteiger partial charge in [0, 0.05) is 9.79 Å². The molecule has 1 aliphatic heterocycles. The van der Waals surface area contributed by atoms with Crippen LogP contribution in [0.1, 0.15) is 85.9 Å². The van der Waals surface area contributed by atoms with Crippen molar-refractivity contribution in [3.05, 3.63) is 23.3 Å². The van der Waals surface area contributed by atoms with E-state index in [4.69, 9.17) is 4.74 Å². The fourth-order valence-corrected chi connectivity index (χ4v) is 5.03. The van der Waals surface area contributed by atoms with Crippen molar-refractivity contribution in [2.24, 2.45) is 0 Å². The maximum atomic E-state index is 11.8. The molecule has 0 radical (unpaired) electrons. The first-order valence-corrected chi connectivity index (χ1v) is 11.3. The fraction of sp³-hybridized carbons (Fsp3) is 0.600. The molecule has 0 fully saturated rings. The summed E-state index contributed by atoms with van der Waals surface area (Å²) >= 11 is 3.59. The second-order valence-electron chi connectivity index (χ2n) is 6.34. The third-order valence-corrected chi connectivity index (χ3v) is 6.63. The van der Waals surface area contributed by atoms with Crippen molar-refractivity contribution in [3.8, 4) is 0 Å². The zero-order chi connectivity index (χ0) is 18.1. The van der Waals surface area contributed by atoms with Crippen molar-refractivity contribution in [1.82, 2.24) is 0 Å². The van der Waals surface area contributed by atoms with Gasteiger partial charge in [0.25, 0.3) is 0 Å². The molecule has 1 aromatic carbocycles. The van der Waals surface area contributed by atoms with E-state index < -0.39 is 11.9 Å². The van der Waals surface area contributed by atoms with Crippen molar-refractivity contribution in [3.63, 3.8) is 0 Å². The Morgan fingerprint density at radius 2 is 1.16 bits per heavy atom. The Morgan fingerprint density at radius 1 is 0.720 bits per heavy atom. The Balaban J connectivity index is 2.04. The summed E-state index contributed by atoms with van der Waals surface area (Å²) in [5.41, 5.74) is 0.854. The molecule has 2 rings (SSSR count). The summed E-state index contributed by atoms with van der Waals surface area (Å²) in [5, 5.41) is 0. The first-order valence-electron chi connectivity index (χ1n) is 9.37.